The second-order valence-corrected chi connectivity index (χ2v) is 5.00. The van der Waals surface area contributed by atoms with Crippen molar-refractivity contribution in [3.8, 4) is 0 Å². The van der Waals surface area contributed by atoms with Gasteiger partial charge in [-0.3, -0.25) is 4.68 Å². The van der Waals surface area contributed by atoms with Crippen LogP contribution < -0.4 is 5.73 Å². The van der Waals surface area contributed by atoms with Crippen LogP contribution in [0.1, 0.15) is 12.0 Å². The molecule has 0 bridgehead atoms. The van der Waals surface area contributed by atoms with E-state index in [1.54, 1.807) is 0 Å². The number of rotatable bonds is 6. The molecule has 0 aliphatic heterocycles. The van der Waals surface area contributed by atoms with Crippen molar-refractivity contribution < 1.29 is 0 Å². The van der Waals surface area contributed by atoms with Crippen molar-refractivity contribution >= 4 is 17.6 Å². The molecular weight excluding hydrogens is 230 g/mol. The monoisotopic (exact) mass is 247 g/mol. The fourth-order valence-corrected chi connectivity index (χ4v) is 2.50. The van der Waals surface area contributed by atoms with Crippen molar-refractivity contribution in [2.24, 2.45) is 0 Å². The van der Waals surface area contributed by atoms with E-state index in [2.05, 4.69) is 35.4 Å². The molecule has 4 heteroatoms. The van der Waals surface area contributed by atoms with Crippen molar-refractivity contribution in [2.45, 2.75) is 18.7 Å². The predicted octanol–water partition coefficient (Wildman–Crippen LogP) is 2.79. The molecule has 2 aromatic rings. The standard InChI is InChI=1S/C13H17N3S/c14-13-7-9-16(15-13)8-4-10-17-11-12-5-2-1-3-6-12/h1-3,5-7,9H,4,8,10-11H2,(H2,14,15). The van der Waals surface area contributed by atoms with E-state index in [0.29, 0.717) is 5.82 Å². The minimum atomic E-state index is 0.599. The third-order valence-electron chi connectivity index (χ3n) is 2.45. The molecule has 0 unspecified atom stereocenters. The second kappa shape index (κ2) is 6.35. The van der Waals surface area contributed by atoms with Crippen LogP contribution in [0.5, 0.6) is 0 Å². The van der Waals surface area contributed by atoms with E-state index in [1.165, 1.54) is 5.56 Å². The number of aromatic nitrogens is 2. The third-order valence-corrected chi connectivity index (χ3v) is 3.56. The van der Waals surface area contributed by atoms with Gasteiger partial charge in [0.1, 0.15) is 5.82 Å². The summed E-state index contributed by atoms with van der Waals surface area (Å²) in [4.78, 5) is 0. The van der Waals surface area contributed by atoms with E-state index in [9.17, 15) is 0 Å². The molecule has 2 rings (SSSR count). The summed E-state index contributed by atoms with van der Waals surface area (Å²) in [6.07, 6.45) is 3.05. The molecule has 0 radical (unpaired) electrons. The van der Waals surface area contributed by atoms with Gasteiger partial charge in [-0.05, 0) is 23.8 Å². The molecule has 0 fully saturated rings. The highest BCUT2D eigenvalue weighted by atomic mass is 32.2. The number of nitrogen functional groups attached to an aromatic ring is 1. The molecule has 0 aliphatic rings. The molecule has 0 spiro atoms. The zero-order valence-corrected chi connectivity index (χ0v) is 10.6. The van der Waals surface area contributed by atoms with Crippen LogP contribution in [0.2, 0.25) is 0 Å². The molecule has 3 nitrogen and oxygen atoms in total. The number of nitrogens with zero attached hydrogens (tertiary/aromatic N) is 2. The maximum atomic E-state index is 5.55. The lowest BCUT2D eigenvalue weighted by atomic mass is 10.2. The summed E-state index contributed by atoms with van der Waals surface area (Å²) >= 11 is 1.96. The van der Waals surface area contributed by atoms with E-state index in [4.69, 9.17) is 5.73 Å². The number of thioether (sulfide) groups is 1. The minimum absolute atomic E-state index is 0.599. The highest BCUT2D eigenvalue weighted by molar-refractivity contribution is 7.98. The van der Waals surface area contributed by atoms with Crippen molar-refractivity contribution in [2.75, 3.05) is 11.5 Å². The summed E-state index contributed by atoms with van der Waals surface area (Å²) in [7, 11) is 0. The largest absolute Gasteiger partial charge is 0.382 e. The Bertz CT molecular complexity index is 439. The fraction of sp³-hybridized carbons (Fsp3) is 0.308. The summed E-state index contributed by atoms with van der Waals surface area (Å²) < 4.78 is 1.90. The molecule has 0 saturated carbocycles. The number of nitrogens with two attached hydrogens (primary N) is 1. The summed E-state index contributed by atoms with van der Waals surface area (Å²) in [5.41, 5.74) is 6.94. The highest BCUT2D eigenvalue weighted by Gasteiger charge is 1.96. The summed E-state index contributed by atoms with van der Waals surface area (Å²) in [5.74, 6) is 2.83. The quantitative estimate of drug-likeness (QED) is 0.798. The molecule has 0 saturated heterocycles. The highest BCUT2D eigenvalue weighted by Crippen LogP contribution is 2.12. The zero-order chi connectivity index (χ0) is 11.9. The normalized spacial score (nSPS) is 10.6. The van der Waals surface area contributed by atoms with Gasteiger partial charge in [0.25, 0.3) is 0 Å². The Morgan fingerprint density at radius 3 is 2.71 bits per heavy atom. The molecule has 0 aliphatic carbocycles. The fourth-order valence-electron chi connectivity index (χ4n) is 1.59. The number of hydrogen-bond donors (Lipinski definition) is 1. The maximum Gasteiger partial charge on any atom is 0.145 e. The van der Waals surface area contributed by atoms with Gasteiger partial charge in [0.05, 0.1) is 0 Å². The van der Waals surface area contributed by atoms with Crippen LogP contribution in [-0.2, 0) is 12.3 Å². The van der Waals surface area contributed by atoms with E-state index >= 15 is 0 Å². The lowest BCUT2D eigenvalue weighted by molar-refractivity contribution is 0.608. The first-order valence-electron chi connectivity index (χ1n) is 5.75. The van der Waals surface area contributed by atoms with Gasteiger partial charge in [-0.2, -0.15) is 16.9 Å². The molecule has 0 atom stereocenters. The minimum Gasteiger partial charge on any atom is -0.382 e. The van der Waals surface area contributed by atoms with Gasteiger partial charge < -0.3 is 5.73 Å². The SMILES string of the molecule is Nc1ccn(CCCSCc2ccccc2)n1. The van der Waals surface area contributed by atoms with Crippen molar-refractivity contribution in [3.05, 3.63) is 48.2 Å². The topological polar surface area (TPSA) is 43.8 Å². The van der Waals surface area contributed by atoms with Crippen molar-refractivity contribution in [1.82, 2.24) is 9.78 Å². The first kappa shape index (κ1) is 12.0. The van der Waals surface area contributed by atoms with Crippen LogP contribution in [0.15, 0.2) is 42.6 Å². The molecule has 1 aromatic heterocycles. The molecule has 1 aromatic carbocycles. The Labute approximate surface area is 106 Å². The van der Waals surface area contributed by atoms with Gasteiger partial charge >= 0.3 is 0 Å². The lowest BCUT2D eigenvalue weighted by Gasteiger charge is -2.02. The number of anilines is 1. The Balaban J connectivity index is 1.61. The van der Waals surface area contributed by atoms with Gasteiger partial charge in [0, 0.05) is 18.5 Å². The van der Waals surface area contributed by atoms with E-state index in [1.807, 2.05) is 28.7 Å². The summed E-state index contributed by atoms with van der Waals surface area (Å²) in [5, 5.41) is 4.15. The Morgan fingerprint density at radius 2 is 2.00 bits per heavy atom. The van der Waals surface area contributed by atoms with E-state index in [-0.39, 0.29) is 0 Å². The third kappa shape index (κ3) is 4.15. The Kier molecular flexibility index (Phi) is 4.50. The van der Waals surface area contributed by atoms with Gasteiger partial charge in [-0.15, -0.1) is 0 Å². The number of benzene rings is 1. The molecule has 1 heterocycles. The molecule has 90 valence electrons. The van der Waals surface area contributed by atoms with Crippen LogP contribution >= 0.6 is 11.8 Å². The van der Waals surface area contributed by atoms with Gasteiger partial charge in [0.15, 0.2) is 0 Å². The second-order valence-electron chi connectivity index (χ2n) is 3.90. The molecule has 17 heavy (non-hydrogen) atoms. The number of aryl methyl sites for hydroxylation is 1. The van der Waals surface area contributed by atoms with Crippen LogP contribution in [0.25, 0.3) is 0 Å². The molecule has 2 N–H and O–H groups in total. The molecule has 0 amide bonds. The van der Waals surface area contributed by atoms with Crippen molar-refractivity contribution in [1.29, 1.82) is 0 Å². The first-order chi connectivity index (χ1) is 8.34. The Morgan fingerprint density at radius 1 is 1.18 bits per heavy atom. The lowest BCUT2D eigenvalue weighted by Crippen LogP contribution is -2.00. The molecular formula is C13H17N3S. The Hall–Kier alpha value is -1.42. The van der Waals surface area contributed by atoms with Crippen molar-refractivity contribution in [3.63, 3.8) is 0 Å². The maximum absolute atomic E-state index is 5.55. The summed E-state index contributed by atoms with van der Waals surface area (Å²) in [6.45, 7) is 0.943. The predicted molar refractivity (Wildman–Crippen MR) is 73.9 cm³/mol. The van der Waals surface area contributed by atoms with Gasteiger partial charge in [-0.1, -0.05) is 30.3 Å². The van der Waals surface area contributed by atoms with Crippen LogP contribution in [-0.4, -0.2) is 15.5 Å². The number of hydrogen-bond acceptors (Lipinski definition) is 3. The van der Waals surface area contributed by atoms with E-state index < -0.39 is 0 Å². The van der Waals surface area contributed by atoms with Crippen LogP contribution in [0, 0.1) is 0 Å². The zero-order valence-electron chi connectivity index (χ0n) is 9.75. The van der Waals surface area contributed by atoms with Gasteiger partial charge in [-0.25, -0.2) is 0 Å². The smallest absolute Gasteiger partial charge is 0.145 e. The van der Waals surface area contributed by atoms with Crippen LogP contribution in [0.4, 0.5) is 5.82 Å². The van der Waals surface area contributed by atoms with Gasteiger partial charge in [0.2, 0.25) is 0 Å². The average Bonchev–Trinajstić information content (AvgIpc) is 2.76. The first-order valence-corrected chi connectivity index (χ1v) is 6.91. The summed E-state index contributed by atoms with van der Waals surface area (Å²) in [6, 6.07) is 12.4. The van der Waals surface area contributed by atoms with Crippen LogP contribution in [0.3, 0.4) is 0 Å². The van der Waals surface area contributed by atoms with E-state index in [0.717, 1.165) is 24.5 Å². The average molecular weight is 247 g/mol.